The van der Waals surface area contributed by atoms with Crippen molar-refractivity contribution in [3.63, 3.8) is 0 Å². The van der Waals surface area contributed by atoms with Gasteiger partial charge in [-0.3, -0.25) is 14.3 Å². The molecule has 0 bridgehead atoms. The van der Waals surface area contributed by atoms with Crippen molar-refractivity contribution in [1.82, 2.24) is 20.0 Å². The molecule has 162 valence electrons. The second-order valence-electron chi connectivity index (χ2n) is 8.69. The van der Waals surface area contributed by atoms with E-state index >= 15 is 0 Å². The Morgan fingerprint density at radius 1 is 1.17 bits per heavy atom. The molecule has 1 aromatic heterocycles. The van der Waals surface area contributed by atoms with Crippen LogP contribution in [0.1, 0.15) is 54.8 Å². The summed E-state index contributed by atoms with van der Waals surface area (Å²) in [6.45, 7) is 11.2. The highest BCUT2D eigenvalue weighted by Gasteiger charge is 2.20. The van der Waals surface area contributed by atoms with Crippen LogP contribution in [0.4, 0.5) is 0 Å². The van der Waals surface area contributed by atoms with Gasteiger partial charge in [-0.25, -0.2) is 0 Å². The Hall–Kier alpha value is -2.63. The van der Waals surface area contributed by atoms with Gasteiger partial charge in [-0.05, 0) is 43.7 Å². The van der Waals surface area contributed by atoms with Crippen molar-refractivity contribution < 1.29 is 9.59 Å². The highest BCUT2D eigenvalue weighted by atomic mass is 16.2. The van der Waals surface area contributed by atoms with E-state index in [1.54, 1.807) is 0 Å². The molecule has 2 heterocycles. The molecule has 0 radical (unpaired) electrons. The topological polar surface area (TPSA) is 67.2 Å². The lowest BCUT2D eigenvalue weighted by molar-refractivity contribution is -0.132. The highest BCUT2D eigenvalue weighted by Crippen LogP contribution is 2.19. The van der Waals surface area contributed by atoms with Gasteiger partial charge in [0.05, 0.1) is 12.1 Å². The molecule has 0 unspecified atom stereocenters. The smallest absolute Gasteiger partial charge is 0.224 e. The van der Waals surface area contributed by atoms with Gasteiger partial charge in [0.1, 0.15) is 0 Å². The predicted octanol–water partition coefficient (Wildman–Crippen LogP) is 3.18. The summed E-state index contributed by atoms with van der Waals surface area (Å²) in [6, 6.07) is 8.32. The Balaban J connectivity index is 1.41. The average molecular weight is 411 g/mol. The lowest BCUT2D eigenvalue weighted by Gasteiger charge is -2.29. The first-order valence-electron chi connectivity index (χ1n) is 11.0. The van der Waals surface area contributed by atoms with E-state index in [0.29, 0.717) is 38.3 Å². The highest BCUT2D eigenvalue weighted by molar-refractivity contribution is 5.79. The maximum Gasteiger partial charge on any atom is 0.224 e. The fourth-order valence-electron chi connectivity index (χ4n) is 4.07. The molecular weight excluding hydrogens is 376 g/mol. The molecule has 0 aliphatic carbocycles. The summed E-state index contributed by atoms with van der Waals surface area (Å²) in [5.74, 6) is 0.667. The molecule has 0 atom stereocenters. The number of benzene rings is 1. The Morgan fingerprint density at radius 2 is 1.90 bits per heavy atom. The molecule has 1 N–H and O–H groups in total. The molecule has 2 aromatic rings. The van der Waals surface area contributed by atoms with Crippen LogP contribution in [0.25, 0.3) is 0 Å². The Morgan fingerprint density at radius 3 is 2.63 bits per heavy atom. The zero-order valence-corrected chi connectivity index (χ0v) is 18.7. The van der Waals surface area contributed by atoms with E-state index in [1.807, 2.05) is 29.5 Å². The lowest BCUT2D eigenvalue weighted by atomic mass is 9.99. The van der Waals surface area contributed by atoms with Crippen LogP contribution in [0, 0.1) is 19.8 Å². The largest absolute Gasteiger partial charge is 0.356 e. The number of nitrogens with zero attached hydrogens (tertiary/aromatic N) is 3. The van der Waals surface area contributed by atoms with Gasteiger partial charge in [0.25, 0.3) is 0 Å². The molecule has 0 fully saturated rings. The number of hydrogen-bond acceptors (Lipinski definition) is 3. The van der Waals surface area contributed by atoms with E-state index in [-0.39, 0.29) is 11.8 Å². The van der Waals surface area contributed by atoms with Gasteiger partial charge in [0.15, 0.2) is 0 Å². The van der Waals surface area contributed by atoms with Crippen molar-refractivity contribution in [1.29, 1.82) is 0 Å². The fourth-order valence-corrected chi connectivity index (χ4v) is 4.07. The van der Waals surface area contributed by atoms with E-state index in [0.717, 1.165) is 36.5 Å². The maximum absolute atomic E-state index is 12.5. The summed E-state index contributed by atoms with van der Waals surface area (Å²) in [6.07, 6.45) is 2.38. The van der Waals surface area contributed by atoms with Crippen molar-refractivity contribution in [2.24, 2.45) is 5.92 Å². The van der Waals surface area contributed by atoms with Gasteiger partial charge in [-0.1, -0.05) is 38.1 Å². The van der Waals surface area contributed by atoms with Crippen LogP contribution in [0.15, 0.2) is 24.3 Å². The summed E-state index contributed by atoms with van der Waals surface area (Å²) in [7, 11) is 0. The summed E-state index contributed by atoms with van der Waals surface area (Å²) in [5, 5.41) is 7.54. The number of aromatic nitrogens is 2. The van der Waals surface area contributed by atoms with Crippen molar-refractivity contribution in [3.8, 4) is 0 Å². The quantitative estimate of drug-likeness (QED) is 0.680. The second-order valence-corrected chi connectivity index (χ2v) is 8.69. The van der Waals surface area contributed by atoms with Crippen LogP contribution in [-0.4, -0.2) is 39.6 Å². The third-order valence-corrected chi connectivity index (χ3v) is 5.78. The Kier molecular flexibility index (Phi) is 7.29. The number of hydrogen-bond donors (Lipinski definition) is 1. The van der Waals surface area contributed by atoms with Gasteiger partial charge in [-0.2, -0.15) is 5.10 Å². The van der Waals surface area contributed by atoms with Crippen molar-refractivity contribution in [2.75, 3.05) is 13.1 Å². The van der Waals surface area contributed by atoms with E-state index in [2.05, 4.69) is 42.5 Å². The number of nitrogens with one attached hydrogen (secondary N) is 1. The summed E-state index contributed by atoms with van der Waals surface area (Å²) >= 11 is 0. The molecule has 0 saturated heterocycles. The first kappa shape index (κ1) is 22.1. The van der Waals surface area contributed by atoms with Crippen LogP contribution in [0.5, 0.6) is 0 Å². The first-order chi connectivity index (χ1) is 14.3. The predicted molar refractivity (Wildman–Crippen MR) is 118 cm³/mol. The van der Waals surface area contributed by atoms with Gasteiger partial charge in [0.2, 0.25) is 11.8 Å². The van der Waals surface area contributed by atoms with E-state index < -0.39 is 0 Å². The number of amides is 2. The normalized spacial score (nSPS) is 13.4. The van der Waals surface area contributed by atoms with Gasteiger partial charge >= 0.3 is 0 Å². The van der Waals surface area contributed by atoms with Crippen LogP contribution in [0.3, 0.4) is 0 Å². The molecule has 1 aliphatic rings. The second kappa shape index (κ2) is 9.92. The monoisotopic (exact) mass is 410 g/mol. The van der Waals surface area contributed by atoms with Crippen molar-refractivity contribution in [3.05, 3.63) is 52.3 Å². The summed E-state index contributed by atoms with van der Waals surface area (Å²) < 4.78 is 2.00. The number of aryl methyl sites for hydroxylation is 1. The molecule has 6 nitrogen and oxygen atoms in total. The van der Waals surface area contributed by atoms with Crippen LogP contribution < -0.4 is 5.32 Å². The van der Waals surface area contributed by atoms with Crippen LogP contribution in [-0.2, 0) is 35.5 Å². The molecule has 0 saturated carbocycles. The average Bonchev–Trinajstić information content (AvgIpc) is 2.97. The number of carbonyl (C=O) groups excluding carboxylic acids is 2. The summed E-state index contributed by atoms with van der Waals surface area (Å²) in [5.41, 5.74) is 5.59. The first-order valence-corrected chi connectivity index (χ1v) is 11.0. The Labute approximate surface area is 179 Å². The standard InChI is InChI=1S/C24H34N4O2/c1-17(2)15-28-19(4)22(18(3)26-28)14-23(29)25-12-7-10-24(30)27-13-11-20-8-5-6-9-21(20)16-27/h5-6,8-9,17H,7,10-16H2,1-4H3,(H,25,29). The van der Waals surface area contributed by atoms with Gasteiger partial charge in [0, 0.05) is 43.9 Å². The van der Waals surface area contributed by atoms with Crippen LogP contribution >= 0.6 is 0 Å². The van der Waals surface area contributed by atoms with E-state index in [4.69, 9.17) is 0 Å². The SMILES string of the molecule is Cc1nn(CC(C)C)c(C)c1CC(=O)NCCCC(=O)N1CCc2ccccc2C1. The minimum absolute atomic E-state index is 0.00959. The van der Waals surface area contributed by atoms with Gasteiger partial charge in [-0.15, -0.1) is 0 Å². The summed E-state index contributed by atoms with van der Waals surface area (Å²) in [4.78, 5) is 26.8. The molecule has 1 aromatic carbocycles. The third kappa shape index (κ3) is 5.49. The zero-order chi connectivity index (χ0) is 21.7. The molecule has 1 aliphatic heterocycles. The minimum atomic E-state index is -0.00959. The number of fused-ring (bicyclic) bond motifs is 1. The van der Waals surface area contributed by atoms with E-state index in [9.17, 15) is 9.59 Å². The molecule has 30 heavy (non-hydrogen) atoms. The van der Waals surface area contributed by atoms with Crippen molar-refractivity contribution in [2.45, 2.75) is 66.5 Å². The third-order valence-electron chi connectivity index (χ3n) is 5.78. The number of carbonyl (C=O) groups is 2. The van der Waals surface area contributed by atoms with E-state index in [1.165, 1.54) is 11.1 Å². The van der Waals surface area contributed by atoms with Crippen LogP contribution in [0.2, 0.25) is 0 Å². The maximum atomic E-state index is 12.5. The molecule has 2 amide bonds. The molecular formula is C24H34N4O2. The fraction of sp³-hybridized carbons (Fsp3) is 0.542. The van der Waals surface area contributed by atoms with Gasteiger partial charge < -0.3 is 10.2 Å². The number of rotatable bonds is 8. The lowest BCUT2D eigenvalue weighted by Crippen LogP contribution is -2.36. The Bertz CT molecular complexity index is 901. The zero-order valence-electron chi connectivity index (χ0n) is 18.7. The minimum Gasteiger partial charge on any atom is -0.356 e. The van der Waals surface area contributed by atoms with Crippen molar-refractivity contribution >= 4 is 11.8 Å². The molecule has 3 rings (SSSR count). The molecule has 6 heteroatoms. The molecule has 0 spiro atoms.